The van der Waals surface area contributed by atoms with Crippen LogP contribution in [0.4, 0.5) is 0 Å². The third kappa shape index (κ3) is 3.73. The van der Waals surface area contributed by atoms with E-state index in [0.29, 0.717) is 6.54 Å². The summed E-state index contributed by atoms with van der Waals surface area (Å²) in [5.74, 6) is 0.905. The van der Waals surface area contributed by atoms with E-state index in [2.05, 4.69) is 4.98 Å². The molecule has 0 spiro atoms. The molecule has 1 amide bonds. The Morgan fingerprint density at radius 2 is 2.04 bits per heavy atom. The van der Waals surface area contributed by atoms with Gasteiger partial charge in [-0.3, -0.25) is 4.79 Å². The average molecular weight is 398 g/mol. The Morgan fingerprint density at radius 3 is 2.81 bits per heavy atom. The highest BCUT2D eigenvalue weighted by Crippen LogP contribution is 2.41. The first-order valence-corrected chi connectivity index (χ1v) is 11.0. The topological polar surface area (TPSA) is 46.1 Å². The Balaban J connectivity index is 1.55. The van der Waals surface area contributed by atoms with Gasteiger partial charge in [0.15, 0.2) is 0 Å². The molecule has 3 aromatic rings. The lowest BCUT2D eigenvalue weighted by molar-refractivity contribution is -0.129. The van der Waals surface area contributed by atoms with Crippen molar-refractivity contribution in [2.45, 2.75) is 49.9 Å². The fourth-order valence-electron chi connectivity index (χ4n) is 3.61. The van der Waals surface area contributed by atoms with Gasteiger partial charge in [-0.2, -0.15) is 0 Å². The molecule has 0 saturated heterocycles. The minimum Gasteiger partial charge on any atom is -0.340 e. The summed E-state index contributed by atoms with van der Waals surface area (Å²) in [5.41, 5.74) is 2.55. The van der Waals surface area contributed by atoms with Crippen LogP contribution in [0.5, 0.6) is 0 Å². The predicted molar refractivity (Wildman–Crippen MR) is 112 cm³/mol. The Hall–Kier alpha value is -1.92. The van der Waals surface area contributed by atoms with Crippen LogP contribution in [-0.2, 0) is 24.2 Å². The van der Waals surface area contributed by atoms with E-state index >= 15 is 0 Å². The van der Waals surface area contributed by atoms with Crippen molar-refractivity contribution in [1.82, 2.24) is 14.9 Å². The van der Waals surface area contributed by atoms with Crippen molar-refractivity contribution in [2.75, 3.05) is 7.05 Å². The number of carbonyl (C=O) groups excluding carboxylic acids is 1. The molecule has 140 valence electrons. The van der Waals surface area contributed by atoms with Gasteiger partial charge in [-0.1, -0.05) is 42.1 Å². The van der Waals surface area contributed by atoms with Gasteiger partial charge < -0.3 is 4.90 Å². The summed E-state index contributed by atoms with van der Waals surface area (Å²) in [5, 5.41) is 1.97. The van der Waals surface area contributed by atoms with Crippen LogP contribution < -0.4 is 0 Å². The number of hydrogen-bond acceptors (Lipinski definition) is 5. The molecule has 2 heterocycles. The fraction of sp³-hybridized carbons (Fsp3) is 0.381. The fourth-order valence-corrected chi connectivity index (χ4v) is 6.12. The van der Waals surface area contributed by atoms with Gasteiger partial charge in [-0.05, 0) is 44.2 Å². The number of rotatable bonds is 5. The Kier molecular flexibility index (Phi) is 5.19. The highest BCUT2D eigenvalue weighted by molar-refractivity contribution is 8.00. The molecule has 1 aliphatic carbocycles. The number of thiophene rings is 1. The number of aromatic nitrogens is 2. The monoisotopic (exact) mass is 397 g/mol. The SMILES string of the molecule is Cc1nc(S[C@H](C)C(=O)N(C)Cc2ccccc2)c2c3c(sc2n1)CCC3. The van der Waals surface area contributed by atoms with Gasteiger partial charge in [0.1, 0.15) is 15.7 Å². The molecular formula is C21H23N3OS2. The number of aryl methyl sites for hydroxylation is 3. The number of benzene rings is 1. The van der Waals surface area contributed by atoms with E-state index < -0.39 is 0 Å². The summed E-state index contributed by atoms with van der Waals surface area (Å²) >= 11 is 3.37. The quantitative estimate of drug-likeness (QED) is 0.465. The van der Waals surface area contributed by atoms with E-state index in [-0.39, 0.29) is 11.2 Å². The lowest BCUT2D eigenvalue weighted by atomic mass is 10.2. The molecule has 1 atom stereocenters. The van der Waals surface area contributed by atoms with Crippen LogP contribution in [0.15, 0.2) is 35.4 Å². The number of amides is 1. The summed E-state index contributed by atoms with van der Waals surface area (Å²) < 4.78 is 0. The highest BCUT2D eigenvalue weighted by Gasteiger charge is 2.25. The smallest absolute Gasteiger partial charge is 0.235 e. The normalized spacial score (nSPS) is 14.3. The molecule has 4 rings (SSSR count). The molecule has 0 saturated carbocycles. The van der Waals surface area contributed by atoms with Crippen molar-refractivity contribution in [3.8, 4) is 0 Å². The van der Waals surface area contributed by atoms with E-state index in [1.54, 1.807) is 28.0 Å². The molecule has 2 aromatic heterocycles. The molecule has 27 heavy (non-hydrogen) atoms. The Morgan fingerprint density at radius 1 is 1.26 bits per heavy atom. The number of nitrogens with zero attached hydrogens (tertiary/aromatic N) is 3. The molecule has 0 aliphatic heterocycles. The number of thioether (sulfide) groups is 1. The Labute approximate surface area is 168 Å². The second kappa shape index (κ2) is 7.60. The summed E-state index contributed by atoms with van der Waals surface area (Å²) in [6.07, 6.45) is 3.46. The van der Waals surface area contributed by atoms with E-state index in [9.17, 15) is 4.79 Å². The molecule has 4 nitrogen and oxygen atoms in total. The summed E-state index contributed by atoms with van der Waals surface area (Å²) in [6.45, 7) is 4.53. The maximum atomic E-state index is 12.9. The third-order valence-electron chi connectivity index (χ3n) is 4.92. The number of carbonyl (C=O) groups is 1. The van der Waals surface area contributed by atoms with Gasteiger partial charge >= 0.3 is 0 Å². The minimum atomic E-state index is -0.187. The molecule has 1 aromatic carbocycles. The molecular weight excluding hydrogens is 374 g/mol. The van der Waals surface area contributed by atoms with Crippen LogP contribution in [0.1, 0.15) is 35.2 Å². The van der Waals surface area contributed by atoms with Crippen LogP contribution in [0.25, 0.3) is 10.2 Å². The van der Waals surface area contributed by atoms with Gasteiger partial charge in [0.25, 0.3) is 0 Å². The highest BCUT2D eigenvalue weighted by atomic mass is 32.2. The first-order valence-electron chi connectivity index (χ1n) is 9.27. The van der Waals surface area contributed by atoms with Crippen LogP contribution in [-0.4, -0.2) is 33.1 Å². The van der Waals surface area contributed by atoms with Crippen LogP contribution >= 0.6 is 23.1 Å². The first-order chi connectivity index (χ1) is 13.0. The van der Waals surface area contributed by atoms with Crippen LogP contribution in [0.3, 0.4) is 0 Å². The minimum absolute atomic E-state index is 0.125. The largest absolute Gasteiger partial charge is 0.340 e. The number of fused-ring (bicyclic) bond motifs is 3. The van der Waals surface area contributed by atoms with Crippen molar-refractivity contribution < 1.29 is 4.79 Å². The van der Waals surface area contributed by atoms with Crippen LogP contribution in [0.2, 0.25) is 0 Å². The zero-order chi connectivity index (χ0) is 19.0. The maximum Gasteiger partial charge on any atom is 0.235 e. The second-order valence-corrected chi connectivity index (χ2v) is 9.47. The Bertz CT molecular complexity index is 984. The van der Waals surface area contributed by atoms with E-state index in [4.69, 9.17) is 4.98 Å². The van der Waals surface area contributed by atoms with Gasteiger partial charge in [0, 0.05) is 23.9 Å². The van der Waals surface area contributed by atoms with Gasteiger partial charge in [-0.25, -0.2) is 9.97 Å². The maximum absolute atomic E-state index is 12.9. The van der Waals surface area contributed by atoms with E-state index in [1.165, 1.54) is 22.2 Å². The first kappa shape index (κ1) is 18.4. The predicted octanol–water partition coefficient (Wildman–Crippen LogP) is 4.63. The van der Waals surface area contributed by atoms with Crippen molar-refractivity contribution in [3.63, 3.8) is 0 Å². The second-order valence-electron chi connectivity index (χ2n) is 7.05. The van der Waals surface area contributed by atoms with Crippen LogP contribution in [0, 0.1) is 6.92 Å². The molecule has 0 unspecified atom stereocenters. The van der Waals surface area contributed by atoms with Crippen molar-refractivity contribution >= 4 is 39.2 Å². The molecule has 0 N–H and O–H groups in total. The van der Waals surface area contributed by atoms with Crippen molar-refractivity contribution in [1.29, 1.82) is 0 Å². The summed E-state index contributed by atoms with van der Waals surface area (Å²) in [4.78, 5) is 26.6. The van der Waals surface area contributed by atoms with E-state index in [0.717, 1.165) is 34.1 Å². The van der Waals surface area contributed by atoms with E-state index in [1.807, 2.05) is 51.2 Å². The lowest BCUT2D eigenvalue weighted by Gasteiger charge is -2.21. The molecule has 0 fully saturated rings. The standard InChI is InChI=1S/C21H23N3OS2/c1-13(21(25)24(3)12-15-8-5-4-6-9-15)26-19-18-16-10-7-11-17(16)27-20(18)23-14(2)22-19/h4-6,8-9,13H,7,10-12H2,1-3H3/t13-/m1/s1. The van der Waals surface area contributed by atoms with Gasteiger partial charge in [-0.15, -0.1) is 11.3 Å². The molecule has 0 bridgehead atoms. The van der Waals surface area contributed by atoms with Crippen molar-refractivity contribution in [3.05, 3.63) is 52.2 Å². The zero-order valence-corrected chi connectivity index (χ0v) is 17.5. The number of hydrogen-bond donors (Lipinski definition) is 0. The molecule has 6 heteroatoms. The average Bonchev–Trinajstić information content (AvgIpc) is 3.22. The summed E-state index contributed by atoms with van der Waals surface area (Å²) in [6, 6.07) is 10.1. The molecule has 0 radical (unpaired) electrons. The summed E-state index contributed by atoms with van der Waals surface area (Å²) in [7, 11) is 1.87. The van der Waals surface area contributed by atoms with Gasteiger partial charge in [0.05, 0.1) is 5.25 Å². The molecule has 1 aliphatic rings. The third-order valence-corrected chi connectivity index (χ3v) is 7.18. The zero-order valence-electron chi connectivity index (χ0n) is 15.9. The van der Waals surface area contributed by atoms with Crippen molar-refractivity contribution in [2.24, 2.45) is 0 Å². The lowest BCUT2D eigenvalue weighted by Crippen LogP contribution is -2.32. The van der Waals surface area contributed by atoms with Gasteiger partial charge in [0.2, 0.25) is 5.91 Å².